The third kappa shape index (κ3) is 1.97. The Labute approximate surface area is 142 Å². The highest BCUT2D eigenvalue weighted by Crippen LogP contribution is 2.65. The van der Waals surface area contributed by atoms with E-state index in [4.69, 9.17) is 0 Å². The molecule has 4 aliphatic rings. The zero-order valence-corrected chi connectivity index (χ0v) is 15.4. The predicted molar refractivity (Wildman–Crippen MR) is 95.2 cm³/mol. The van der Waals surface area contributed by atoms with Crippen LogP contribution in [-0.2, 0) is 0 Å². The fraction of sp³-hybridized carbons (Fsp3) is 0.789. The fourth-order valence-corrected chi connectivity index (χ4v) is 7.08. The Morgan fingerprint density at radius 2 is 1.81 bits per heavy atom. The van der Waals surface area contributed by atoms with Gasteiger partial charge >= 0.3 is 0 Å². The summed E-state index contributed by atoms with van der Waals surface area (Å²) >= 11 is 2.60. The Kier molecular flexibility index (Phi) is 3.39. The Morgan fingerprint density at radius 3 is 2.62 bits per heavy atom. The highest BCUT2D eigenvalue weighted by molar-refractivity contribution is 14.1. The normalized spacial score (nSPS) is 52.4. The van der Waals surface area contributed by atoms with Crippen LogP contribution in [0.25, 0.3) is 0 Å². The molecule has 1 nitrogen and oxygen atoms in total. The third-order valence-electron chi connectivity index (χ3n) is 7.56. The maximum Gasteiger partial charge on any atom is 0.0577 e. The largest absolute Gasteiger partial charge is 0.393 e. The van der Waals surface area contributed by atoms with Crippen molar-refractivity contribution in [1.82, 2.24) is 0 Å². The molecule has 1 N–H and O–H groups in total. The molecule has 0 heterocycles. The molecule has 4 unspecified atom stereocenters. The molecular formula is C19H27IO. The highest BCUT2D eigenvalue weighted by Gasteiger charge is 2.56. The second-order valence-electron chi connectivity index (χ2n) is 8.40. The standard InChI is InChI=1S/C19H27IO/c1-18-9-7-13(21)11-12(18)3-4-14-15-5-6-17(20)19(15,2)10-8-16(14)18/h3,6,13-16,21H,4-5,7-11H2,1-2H3/t13-,14?,15-,16?,18?,19?/m0/s1. The molecule has 4 rings (SSSR count). The van der Waals surface area contributed by atoms with Gasteiger partial charge in [0.1, 0.15) is 0 Å². The Hall–Kier alpha value is 0.170. The van der Waals surface area contributed by atoms with E-state index < -0.39 is 0 Å². The second kappa shape index (κ2) is 4.83. The molecule has 2 saturated carbocycles. The summed E-state index contributed by atoms with van der Waals surface area (Å²) in [6.07, 6.45) is 13.4. The number of fused-ring (bicyclic) bond motifs is 5. The van der Waals surface area contributed by atoms with Crippen molar-refractivity contribution in [2.24, 2.45) is 28.6 Å². The molecule has 0 spiro atoms. The van der Waals surface area contributed by atoms with Crippen LogP contribution in [0.5, 0.6) is 0 Å². The Morgan fingerprint density at radius 1 is 1.05 bits per heavy atom. The molecule has 0 radical (unpaired) electrons. The summed E-state index contributed by atoms with van der Waals surface area (Å²) in [7, 11) is 0. The van der Waals surface area contributed by atoms with E-state index in [0.29, 0.717) is 10.8 Å². The van der Waals surface area contributed by atoms with E-state index >= 15 is 0 Å². The van der Waals surface area contributed by atoms with Gasteiger partial charge in [-0.2, -0.15) is 0 Å². The summed E-state index contributed by atoms with van der Waals surface area (Å²) in [6, 6.07) is 0. The van der Waals surface area contributed by atoms with Crippen molar-refractivity contribution >= 4 is 22.6 Å². The van der Waals surface area contributed by atoms with E-state index in [1.165, 1.54) is 32.1 Å². The lowest BCUT2D eigenvalue weighted by molar-refractivity contribution is -0.0268. The molecule has 0 aromatic rings. The minimum atomic E-state index is -0.0798. The summed E-state index contributed by atoms with van der Waals surface area (Å²) < 4.78 is 1.63. The van der Waals surface area contributed by atoms with Gasteiger partial charge in [0.25, 0.3) is 0 Å². The van der Waals surface area contributed by atoms with Crippen LogP contribution in [-0.4, -0.2) is 11.2 Å². The average molecular weight is 398 g/mol. The predicted octanol–water partition coefficient (Wildman–Crippen LogP) is 5.24. The molecule has 2 fully saturated rings. The van der Waals surface area contributed by atoms with Gasteiger partial charge in [-0.1, -0.05) is 31.6 Å². The molecule has 6 atom stereocenters. The molecule has 0 aliphatic heterocycles. The molecule has 2 heteroatoms. The lowest BCUT2D eigenvalue weighted by atomic mass is 9.48. The van der Waals surface area contributed by atoms with E-state index in [2.05, 4.69) is 48.6 Å². The number of allylic oxidation sites excluding steroid dienone is 3. The lowest BCUT2D eigenvalue weighted by Crippen LogP contribution is -2.49. The van der Waals surface area contributed by atoms with Gasteiger partial charge in [-0.05, 0) is 94.3 Å². The van der Waals surface area contributed by atoms with Crippen LogP contribution in [0, 0.1) is 28.6 Å². The third-order valence-corrected chi connectivity index (χ3v) is 9.24. The van der Waals surface area contributed by atoms with Gasteiger partial charge in [-0.3, -0.25) is 0 Å². The molecule has 116 valence electrons. The van der Waals surface area contributed by atoms with Crippen LogP contribution in [0.2, 0.25) is 0 Å². The van der Waals surface area contributed by atoms with Gasteiger partial charge in [0.15, 0.2) is 0 Å². The van der Waals surface area contributed by atoms with Crippen molar-refractivity contribution in [1.29, 1.82) is 0 Å². The first kappa shape index (κ1) is 14.7. The summed E-state index contributed by atoms with van der Waals surface area (Å²) in [4.78, 5) is 0. The SMILES string of the molecule is CC12CC[C@H](O)CC1=CCC1C2CCC2(C)C(I)=CC[C@@H]12. The second-order valence-corrected chi connectivity index (χ2v) is 9.56. The van der Waals surface area contributed by atoms with E-state index in [1.807, 2.05) is 0 Å². The zero-order valence-electron chi connectivity index (χ0n) is 13.2. The summed E-state index contributed by atoms with van der Waals surface area (Å²) in [5.74, 6) is 2.60. The number of aliphatic hydroxyl groups excluding tert-OH is 1. The van der Waals surface area contributed by atoms with E-state index in [-0.39, 0.29) is 6.10 Å². The topological polar surface area (TPSA) is 20.2 Å². The molecular weight excluding hydrogens is 371 g/mol. The molecule has 0 saturated heterocycles. The fourth-order valence-electron chi connectivity index (χ4n) is 6.16. The number of hydrogen-bond acceptors (Lipinski definition) is 1. The Bertz CT molecular complexity index is 522. The van der Waals surface area contributed by atoms with Crippen LogP contribution in [0.4, 0.5) is 0 Å². The first-order chi connectivity index (χ1) is 9.95. The summed E-state index contributed by atoms with van der Waals surface area (Å²) in [6.45, 7) is 5.03. The minimum absolute atomic E-state index is 0.0798. The first-order valence-electron chi connectivity index (χ1n) is 8.69. The number of halogens is 1. The van der Waals surface area contributed by atoms with Gasteiger partial charge < -0.3 is 5.11 Å². The average Bonchev–Trinajstić information content (AvgIpc) is 2.76. The summed E-state index contributed by atoms with van der Waals surface area (Å²) in [5, 5.41) is 10.0. The van der Waals surface area contributed by atoms with Crippen LogP contribution in [0.3, 0.4) is 0 Å². The molecule has 0 aromatic carbocycles. The Balaban J connectivity index is 1.68. The van der Waals surface area contributed by atoms with Crippen LogP contribution < -0.4 is 0 Å². The quantitative estimate of drug-likeness (QED) is 0.437. The van der Waals surface area contributed by atoms with Crippen LogP contribution >= 0.6 is 22.6 Å². The molecule has 0 aromatic heterocycles. The van der Waals surface area contributed by atoms with Crippen molar-refractivity contribution in [3.8, 4) is 0 Å². The van der Waals surface area contributed by atoms with Crippen molar-refractivity contribution in [3.63, 3.8) is 0 Å². The van der Waals surface area contributed by atoms with Gasteiger partial charge in [-0.25, -0.2) is 0 Å². The van der Waals surface area contributed by atoms with E-state index in [0.717, 1.165) is 30.6 Å². The van der Waals surface area contributed by atoms with Gasteiger partial charge in [-0.15, -0.1) is 0 Å². The first-order valence-corrected chi connectivity index (χ1v) is 9.77. The highest BCUT2D eigenvalue weighted by atomic mass is 127. The molecule has 4 aliphatic carbocycles. The van der Waals surface area contributed by atoms with Crippen LogP contribution in [0.1, 0.15) is 58.8 Å². The van der Waals surface area contributed by atoms with Crippen molar-refractivity contribution in [2.45, 2.75) is 64.9 Å². The van der Waals surface area contributed by atoms with E-state index in [1.54, 1.807) is 9.15 Å². The van der Waals surface area contributed by atoms with Crippen molar-refractivity contribution in [2.75, 3.05) is 0 Å². The lowest BCUT2D eigenvalue weighted by Gasteiger charge is -2.57. The zero-order chi connectivity index (χ0) is 14.8. The number of hydrogen-bond donors (Lipinski definition) is 1. The number of rotatable bonds is 0. The van der Waals surface area contributed by atoms with E-state index in [9.17, 15) is 5.11 Å². The number of aliphatic hydroxyl groups is 1. The maximum absolute atomic E-state index is 10.0. The minimum Gasteiger partial charge on any atom is -0.393 e. The van der Waals surface area contributed by atoms with Crippen LogP contribution in [0.15, 0.2) is 21.3 Å². The smallest absolute Gasteiger partial charge is 0.0577 e. The molecule has 21 heavy (non-hydrogen) atoms. The summed E-state index contributed by atoms with van der Waals surface area (Å²) in [5.41, 5.74) is 2.45. The van der Waals surface area contributed by atoms with Gasteiger partial charge in [0, 0.05) is 5.41 Å². The molecule has 0 amide bonds. The van der Waals surface area contributed by atoms with Gasteiger partial charge in [0.05, 0.1) is 6.10 Å². The van der Waals surface area contributed by atoms with Gasteiger partial charge in [0.2, 0.25) is 0 Å². The van der Waals surface area contributed by atoms with Crippen molar-refractivity contribution < 1.29 is 5.11 Å². The molecule has 0 bridgehead atoms. The monoisotopic (exact) mass is 398 g/mol. The maximum atomic E-state index is 10.0. The van der Waals surface area contributed by atoms with Crippen molar-refractivity contribution in [3.05, 3.63) is 21.3 Å².